The summed E-state index contributed by atoms with van der Waals surface area (Å²) in [6.07, 6.45) is 0. The first-order valence-electron chi connectivity index (χ1n) is 5.09. The second-order valence-electron chi connectivity index (χ2n) is 4.54. The Morgan fingerprint density at radius 1 is 1.47 bits per heavy atom. The third kappa shape index (κ3) is 1.89. The number of rotatable bonds is 2. The molecule has 2 atom stereocenters. The van der Waals surface area contributed by atoms with Crippen LogP contribution in [0, 0.1) is 10.6 Å². The number of benzene rings is 1. The highest BCUT2D eigenvalue weighted by molar-refractivity contribution is 5.43. The first-order chi connectivity index (χ1) is 7.08. The van der Waals surface area contributed by atoms with E-state index in [-0.39, 0.29) is 12.0 Å². The highest BCUT2D eigenvalue weighted by atomic mass is 16.6. The Hall–Kier alpha value is -0.940. The van der Waals surface area contributed by atoms with Crippen LogP contribution in [-0.2, 0) is 0 Å². The zero-order valence-electron chi connectivity index (χ0n) is 8.81. The molecule has 0 amide bonds. The van der Waals surface area contributed by atoms with E-state index >= 15 is 0 Å². The Labute approximate surface area is 89.3 Å². The van der Waals surface area contributed by atoms with Gasteiger partial charge in [-0.1, -0.05) is 25.1 Å². The summed E-state index contributed by atoms with van der Waals surface area (Å²) in [5, 5.41) is 21.6. The van der Waals surface area contributed by atoms with Gasteiger partial charge in [0.05, 0.1) is 18.6 Å². The van der Waals surface area contributed by atoms with Crippen LogP contribution in [0.25, 0.3) is 0 Å². The molecule has 2 N–H and O–H groups in total. The van der Waals surface area contributed by atoms with Gasteiger partial charge in [0.15, 0.2) is 5.69 Å². The molecular formula is C11H16N2O2. The maximum atomic E-state index is 12.4. The standard InChI is InChI=1S/C11H16N2O2/c1-11(9-14)7-12-13(15,8-11)10-5-3-2-4-6-10/h2-6,12,14H,7-9H2,1H3. The molecule has 0 aromatic heterocycles. The lowest BCUT2D eigenvalue weighted by molar-refractivity contribution is 0.162. The minimum atomic E-state index is -0.544. The van der Waals surface area contributed by atoms with E-state index in [1.165, 1.54) is 0 Å². The average Bonchev–Trinajstić information content (AvgIpc) is 2.59. The molecule has 1 aliphatic rings. The number of nitrogens with one attached hydrogen (secondary N) is 1. The Bertz CT molecular complexity index is 344. The third-order valence-electron chi connectivity index (χ3n) is 2.92. The molecule has 0 bridgehead atoms. The van der Waals surface area contributed by atoms with Crippen molar-refractivity contribution in [1.82, 2.24) is 10.2 Å². The van der Waals surface area contributed by atoms with Crippen molar-refractivity contribution >= 4 is 5.69 Å². The maximum Gasteiger partial charge on any atom is 0.152 e. The van der Waals surface area contributed by atoms with Crippen LogP contribution in [0.5, 0.6) is 0 Å². The zero-order chi connectivity index (χ0) is 10.9. The van der Waals surface area contributed by atoms with Crippen molar-refractivity contribution in [2.75, 3.05) is 19.7 Å². The zero-order valence-corrected chi connectivity index (χ0v) is 8.81. The fourth-order valence-corrected chi connectivity index (χ4v) is 1.93. The number of hydrogen-bond donors (Lipinski definition) is 2. The van der Waals surface area contributed by atoms with E-state index in [1.807, 2.05) is 37.3 Å². The summed E-state index contributed by atoms with van der Waals surface area (Å²) in [4.78, 5) is 0. The van der Waals surface area contributed by atoms with Gasteiger partial charge in [-0.2, -0.15) is 5.43 Å². The van der Waals surface area contributed by atoms with Crippen molar-refractivity contribution in [3.8, 4) is 0 Å². The van der Waals surface area contributed by atoms with Crippen LogP contribution in [0.15, 0.2) is 30.3 Å². The SMILES string of the molecule is CC1(CO)CN[N+]([O-])(c2ccccc2)C1. The quantitative estimate of drug-likeness (QED) is 0.563. The highest BCUT2D eigenvalue weighted by Gasteiger charge is 2.42. The highest BCUT2D eigenvalue weighted by Crippen LogP contribution is 2.31. The minimum Gasteiger partial charge on any atom is -0.606 e. The summed E-state index contributed by atoms with van der Waals surface area (Å²) in [5.74, 6) is 0. The number of quaternary nitrogens is 1. The van der Waals surface area contributed by atoms with Gasteiger partial charge in [-0.15, -0.1) is 0 Å². The smallest absolute Gasteiger partial charge is 0.152 e. The predicted molar refractivity (Wildman–Crippen MR) is 59.7 cm³/mol. The van der Waals surface area contributed by atoms with Crippen molar-refractivity contribution in [2.24, 2.45) is 5.41 Å². The first kappa shape index (κ1) is 10.6. The van der Waals surface area contributed by atoms with E-state index in [0.717, 1.165) is 0 Å². The summed E-state index contributed by atoms with van der Waals surface area (Å²) >= 11 is 0. The largest absolute Gasteiger partial charge is 0.606 e. The summed E-state index contributed by atoms with van der Waals surface area (Å²) in [5.41, 5.74) is 3.28. The molecule has 1 aromatic carbocycles. The van der Waals surface area contributed by atoms with E-state index in [1.54, 1.807) is 0 Å². The van der Waals surface area contributed by atoms with E-state index in [2.05, 4.69) is 5.43 Å². The Balaban J connectivity index is 2.24. The third-order valence-corrected chi connectivity index (χ3v) is 2.92. The van der Waals surface area contributed by atoms with Gasteiger partial charge in [0.1, 0.15) is 6.54 Å². The van der Waals surface area contributed by atoms with Gasteiger partial charge in [0, 0.05) is 12.1 Å². The molecule has 0 spiro atoms. The van der Waals surface area contributed by atoms with Gasteiger partial charge in [-0.25, -0.2) is 4.76 Å². The predicted octanol–water partition coefficient (Wildman–Crippen LogP) is 1.01. The van der Waals surface area contributed by atoms with Gasteiger partial charge >= 0.3 is 0 Å². The van der Waals surface area contributed by atoms with Crippen molar-refractivity contribution in [2.45, 2.75) is 6.92 Å². The molecule has 1 aliphatic heterocycles. The summed E-state index contributed by atoms with van der Waals surface area (Å²) in [6.45, 7) is 2.87. The van der Waals surface area contributed by atoms with E-state index in [4.69, 9.17) is 0 Å². The fraction of sp³-hybridized carbons (Fsp3) is 0.455. The molecule has 82 valence electrons. The molecule has 15 heavy (non-hydrogen) atoms. The normalized spacial score (nSPS) is 35.7. The number of aliphatic hydroxyl groups is 1. The van der Waals surface area contributed by atoms with Crippen LogP contribution < -0.4 is 10.2 Å². The molecule has 0 saturated carbocycles. The van der Waals surface area contributed by atoms with Crippen molar-refractivity contribution in [3.63, 3.8) is 0 Å². The first-order valence-corrected chi connectivity index (χ1v) is 5.09. The Morgan fingerprint density at radius 2 is 2.13 bits per heavy atom. The van der Waals surface area contributed by atoms with E-state index in [0.29, 0.717) is 18.8 Å². The van der Waals surface area contributed by atoms with Crippen molar-refractivity contribution < 1.29 is 5.11 Å². The van der Waals surface area contributed by atoms with Crippen molar-refractivity contribution in [3.05, 3.63) is 35.5 Å². The second kappa shape index (κ2) is 3.57. The van der Waals surface area contributed by atoms with Gasteiger partial charge in [0.25, 0.3) is 0 Å². The molecule has 1 aromatic rings. The molecule has 0 radical (unpaired) electrons. The summed E-state index contributed by atoms with van der Waals surface area (Å²) in [6, 6.07) is 9.20. The average molecular weight is 208 g/mol. The van der Waals surface area contributed by atoms with E-state index in [9.17, 15) is 10.3 Å². The van der Waals surface area contributed by atoms with Crippen LogP contribution >= 0.6 is 0 Å². The number of para-hydroxylation sites is 1. The number of nitrogens with zero attached hydrogens (tertiary/aromatic N) is 1. The molecule has 0 aliphatic carbocycles. The Kier molecular flexibility index (Phi) is 2.52. The molecule has 1 heterocycles. The molecular weight excluding hydrogens is 192 g/mol. The van der Waals surface area contributed by atoms with Crippen LogP contribution in [0.4, 0.5) is 5.69 Å². The summed E-state index contributed by atoms with van der Waals surface area (Å²) < 4.78 is -0.544. The van der Waals surface area contributed by atoms with Crippen LogP contribution in [0.1, 0.15) is 6.92 Å². The van der Waals surface area contributed by atoms with Crippen LogP contribution in [0.2, 0.25) is 0 Å². The lowest BCUT2D eigenvalue weighted by atomic mass is 9.93. The Morgan fingerprint density at radius 3 is 2.67 bits per heavy atom. The topological polar surface area (TPSA) is 55.3 Å². The van der Waals surface area contributed by atoms with Gasteiger partial charge in [-0.05, 0) is 0 Å². The minimum absolute atomic E-state index is 0.0368. The molecule has 2 rings (SSSR count). The van der Waals surface area contributed by atoms with Crippen LogP contribution in [0.3, 0.4) is 0 Å². The molecule has 1 saturated heterocycles. The molecule has 4 nitrogen and oxygen atoms in total. The van der Waals surface area contributed by atoms with Crippen LogP contribution in [-0.4, -0.2) is 24.8 Å². The number of hydrogen-bond acceptors (Lipinski definition) is 3. The lowest BCUT2D eigenvalue weighted by Gasteiger charge is -2.37. The fourth-order valence-electron chi connectivity index (χ4n) is 1.93. The maximum absolute atomic E-state index is 12.4. The summed E-state index contributed by atoms with van der Waals surface area (Å²) in [7, 11) is 0. The van der Waals surface area contributed by atoms with Gasteiger partial charge < -0.3 is 10.3 Å². The monoisotopic (exact) mass is 208 g/mol. The van der Waals surface area contributed by atoms with Crippen molar-refractivity contribution in [1.29, 1.82) is 0 Å². The van der Waals surface area contributed by atoms with Gasteiger partial charge in [0.2, 0.25) is 0 Å². The molecule has 4 heteroatoms. The molecule has 1 fully saturated rings. The van der Waals surface area contributed by atoms with E-state index < -0.39 is 4.76 Å². The van der Waals surface area contributed by atoms with Gasteiger partial charge in [-0.3, -0.25) is 0 Å². The lowest BCUT2D eigenvalue weighted by Crippen LogP contribution is -2.49. The second-order valence-corrected chi connectivity index (χ2v) is 4.54. The number of aliphatic hydroxyl groups excluding tert-OH is 1. The number of hydroxylamine groups is 1. The molecule has 2 unspecified atom stereocenters.